The van der Waals surface area contributed by atoms with Crippen LogP contribution < -0.4 is 0 Å². The van der Waals surface area contributed by atoms with Crippen molar-refractivity contribution in [3.63, 3.8) is 0 Å². The van der Waals surface area contributed by atoms with Crippen LogP contribution in [-0.4, -0.2) is 0 Å². The van der Waals surface area contributed by atoms with Crippen molar-refractivity contribution in [3.05, 3.63) is 35.4 Å². The van der Waals surface area contributed by atoms with Crippen molar-refractivity contribution in [3.8, 4) is 6.07 Å². The highest BCUT2D eigenvalue weighted by Gasteiger charge is 2.51. The molecule has 0 N–H and O–H groups in total. The summed E-state index contributed by atoms with van der Waals surface area (Å²) in [7, 11) is 0. The van der Waals surface area contributed by atoms with Gasteiger partial charge in [0.2, 0.25) is 0 Å². The normalized spacial score (nSPS) is 28.9. The van der Waals surface area contributed by atoms with Crippen molar-refractivity contribution >= 4 is 0 Å². The number of nitriles is 1. The summed E-state index contributed by atoms with van der Waals surface area (Å²) in [6, 6.07) is 11.1. The smallest absolute Gasteiger partial charge is 0.0665 e. The van der Waals surface area contributed by atoms with Gasteiger partial charge in [-0.25, -0.2) is 0 Å². The third-order valence-electron chi connectivity index (χ3n) is 3.63. The Labute approximate surface area is 91.7 Å². The molecule has 1 aliphatic rings. The number of nitrogens with zero attached hydrogens (tertiary/aromatic N) is 1. The average Bonchev–Trinajstić information content (AvgIpc) is 2.91. The molecule has 1 heteroatoms. The molecule has 15 heavy (non-hydrogen) atoms. The standard InChI is InChI=1S/C14H17N/c1-10(2)11-4-6-12(7-5-11)14(3)8-13(14)9-15/h4-7,10,13H,8H2,1-3H3. The highest BCUT2D eigenvalue weighted by molar-refractivity contribution is 5.38. The van der Waals surface area contributed by atoms with Crippen LogP contribution in [0.2, 0.25) is 0 Å². The van der Waals surface area contributed by atoms with Gasteiger partial charge in [-0.05, 0) is 23.5 Å². The second kappa shape index (κ2) is 3.38. The van der Waals surface area contributed by atoms with E-state index in [1.165, 1.54) is 11.1 Å². The van der Waals surface area contributed by atoms with E-state index in [0.29, 0.717) is 5.92 Å². The third-order valence-corrected chi connectivity index (χ3v) is 3.63. The van der Waals surface area contributed by atoms with Crippen LogP contribution in [0.4, 0.5) is 0 Å². The summed E-state index contributed by atoms with van der Waals surface area (Å²) in [5, 5.41) is 8.90. The maximum Gasteiger partial charge on any atom is 0.0665 e. The maximum absolute atomic E-state index is 8.90. The Balaban J connectivity index is 2.23. The van der Waals surface area contributed by atoms with Crippen molar-refractivity contribution in [1.29, 1.82) is 5.26 Å². The van der Waals surface area contributed by atoms with E-state index in [1.807, 2.05) is 0 Å². The van der Waals surface area contributed by atoms with Gasteiger partial charge in [0.15, 0.2) is 0 Å². The lowest BCUT2D eigenvalue weighted by Gasteiger charge is -2.11. The van der Waals surface area contributed by atoms with Gasteiger partial charge in [0.1, 0.15) is 0 Å². The molecule has 0 spiro atoms. The van der Waals surface area contributed by atoms with Gasteiger partial charge >= 0.3 is 0 Å². The fourth-order valence-electron chi connectivity index (χ4n) is 2.12. The average molecular weight is 199 g/mol. The van der Waals surface area contributed by atoms with E-state index >= 15 is 0 Å². The molecule has 1 aromatic rings. The van der Waals surface area contributed by atoms with Gasteiger partial charge in [0.25, 0.3) is 0 Å². The SMILES string of the molecule is CC(C)c1ccc(C2(C)CC2C#N)cc1. The van der Waals surface area contributed by atoms with E-state index < -0.39 is 0 Å². The molecular formula is C14H17N. The molecule has 0 radical (unpaired) electrons. The molecule has 2 atom stereocenters. The van der Waals surface area contributed by atoms with Crippen LogP contribution in [0.1, 0.15) is 44.2 Å². The van der Waals surface area contributed by atoms with E-state index in [-0.39, 0.29) is 11.3 Å². The summed E-state index contributed by atoms with van der Waals surface area (Å²) in [6.45, 7) is 6.59. The Morgan fingerprint density at radius 1 is 1.33 bits per heavy atom. The second-order valence-corrected chi connectivity index (χ2v) is 5.08. The Bertz CT molecular complexity index is 396. The predicted molar refractivity (Wildman–Crippen MR) is 61.6 cm³/mol. The zero-order valence-electron chi connectivity index (χ0n) is 9.62. The quantitative estimate of drug-likeness (QED) is 0.713. The minimum absolute atomic E-state index is 0.129. The molecule has 0 aliphatic heterocycles. The fraction of sp³-hybridized carbons (Fsp3) is 0.500. The number of benzene rings is 1. The third kappa shape index (κ3) is 1.65. The molecule has 0 bridgehead atoms. The first kappa shape index (κ1) is 10.2. The van der Waals surface area contributed by atoms with Crippen molar-refractivity contribution in [1.82, 2.24) is 0 Å². The molecule has 0 amide bonds. The van der Waals surface area contributed by atoms with Gasteiger partial charge in [-0.15, -0.1) is 0 Å². The topological polar surface area (TPSA) is 23.8 Å². The van der Waals surface area contributed by atoms with E-state index in [1.54, 1.807) is 0 Å². The molecule has 1 aromatic carbocycles. The van der Waals surface area contributed by atoms with Crippen LogP contribution in [0.15, 0.2) is 24.3 Å². The van der Waals surface area contributed by atoms with E-state index in [0.717, 1.165) is 6.42 Å². The summed E-state index contributed by atoms with van der Waals surface area (Å²) >= 11 is 0. The van der Waals surface area contributed by atoms with E-state index in [2.05, 4.69) is 51.1 Å². The Morgan fingerprint density at radius 3 is 2.33 bits per heavy atom. The first-order valence-corrected chi connectivity index (χ1v) is 5.58. The van der Waals surface area contributed by atoms with Gasteiger partial charge in [-0.2, -0.15) is 5.26 Å². The van der Waals surface area contributed by atoms with Crippen molar-refractivity contribution < 1.29 is 0 Å². The van der Waals surface area contributed by atoms with E-state index in [9.17, 15) is 0 Å². The van der Waals surface area contributed by atoms with Crippen molar-refractivity contribution in [2.24, 2.45) is 5.92 Å². The minimum Gasteiger partial charge on any atom is -0.198 e. The highest BCUT2D eigenvalue weighted by Crippen LogP contribution is 2.53. The summed E-state index contributed by atoms with van der Waals surface area (Å²) in [5.74, 6) is 0.806. The number of hydrogen-bond donors (Lipinski definition) is 0. The van der Waals surface area contributed by atoms with Crippen LogP contribution in [0.25, 0.3) is 0 Å². The molecule has 1 saturated carbocycles. The van der Waals surface area contributed by atoms with Gasteiger partial charge in [-0.1, -0.05) is 45.0 Å². The van der Waals surface area contributed by atoms with Gasteiger partial charge in [0.05, 0.1) is 12.0 Å². The van der Waals surface area contributed by atoms with Crippen LogP contribution in [0, 0.1) is 17.2 Å². The molecule has 2 rings (SSSR count). The second-order valence-electron chi connectivity index (χ2n) is 5.08. The fourth-order valence-corrected chi connectivity index (χ4v) is 2.12. The molecule has 0 heterocycles. The van der Waals surface area contributed by atoms with Crippen molar-refractivity contribution in [2.75, 3.05) is 0 Å². The van der Waals surface area contributed by atoms with Gasteiger partial charge < -0.3 is 0 Å². The molecule has 78 valence electrons. The Morgan fingerprint density at radius 2 is 1.93 bits per heavy atom. The monoisotopic (exact) mass is 199 g/mol. The number of rotatable bonds is 2. The highest BCUT2D eigenvalue weighted by atomic mass is 14.5. The lowest BCUT2D eigenvalue weighted by molar-refractivity contribution is 0.739. The molecule has 1 aliphatic carbocycles. The van der Waals surface area contributed by atoms with Crippen LogP contribution in [0.3, 0.4) is 0 Å². The first-order chi connectivity index (χ1) is 7.08. The molecule has 0 saturated heterocycles. The first-order valence-electron chi connectivity index (χ1n) is 5.58. The lowest BCUT2D eigenvalue weighted by Crippen LogP contribution is -2.03. The maximum atomic E-state index is 8.90. The Kier molecular flexibility index (Phi) is 2.31. The van der Waals surface area contributed by atoms with Gasteiger partial charge in [-0.3, -0.25) is 0 Å². The van der Waals surface area contributed by atoms with Crippen LogP contribution >= 0.6 is 0 Å². The predicted octanol–water partition coefficient (Wildman–Crippen LogP) is 3.61. The summed E-state index contributed by atoms with van der Waals surface area (Å²) in [5.41, 5.74) is 2.82. The molecule has 1 nitrogen and oxygen atoms in total. The van der Waals surface area contributed by atoms with Crippen LogP contribution in [0.5, 0.6) is 0 Å². The van der Waals surface area contributed by atoms with Crippen molar-refractivity contribution in [2.45, 2.75) is 38.5 Å². The lowest BCUT2D eigenvalue weighted by atomic mass is 9.93. The summed E-state index contributed by atoms with van der Waals surface area (Å²) in [4.78, 5) is 0. The largest absolute Gasteiger partial charge is 0.198 e. The molecule has 1 fully saturated rings. The summed E-state index contributed by atoms with van der Waals surface area (Å²) < 4.78 is 0. The molecular weight excluding hydrogens is 182 g/mol. The Hall–Kier alpha value is -1.29. The van der Waals surface area contributed by atoms with Gasteiger partial charge in [0, 0.05) is 5.41 Å². The summed E-state index contributed by atoms with van der Waals surface area (Å²) in [6.07, 6.45) is 1.02. The molecule has 2 unspecified atom stereocenters. The minimum atomic E-state index is 0.129. The molecule has 0 aromatic heterocycles. The zero-order valence-corrected chi connectivity index (χ0v) is 9.62. The van der Waals surface area contributed by atoms with Crippen LogP contribution in [-0.2, 0) is 5.41 Å². The number of hydrogen-bond acceptors (Lipinski definition) is 1. The van der Waals surface area contributed by atoms with E-state index in [4.69, 9.17) is 5.26 Å². The zero-order chi connectivity index (χ0) is 11.1.